The van der Waals surface area contributed by atoms with Crippen molar-refractivity contribution in [2.24, 2.45) is 10.8 Å². The van der Waals surface area contributed by atoms with Gasteiger partial charge in [-0.2, -0.15) is 0 Å². The minimum Gasteiger partial charge on any atom is -0.460 e. The summed E-state index contributed by atoms with van der Waals surface area (Å²) < 4.78 is 5.24. The fourth-order valence-electron chi connectivity index (χ4n) is 1.56. The first-order valence-corrected chi connectivity index (χ1v) is 8.54. The molecule has 0 radical (unpaired) electrons. The molecule has 1 aromatic rings. The molecule has 1 amide bonds. The lowest BCUT2D eigenvalue weighted by molar-refractivity contribution is -0.155. The lowest BCUT2D eigenvalue weighted by atomic mass is 9.89. The van der Waals surface area contributed by atoms with Crippen LogP contribution in [0.15, 0.2) is 30.3 Å². The second-order valence-corrected chi connectivity index (χ2v) is 7.12. The second kappa shape index (κ2) is 10.1. The van der Waals surface area contributed by atoms with Crippen LogP contribution in [0.4, 0.5) is 0 Å². The van der Waals surface area contributed by atoms with Crippen LogP contribution >= 0.6 is 0 Å². The zero-order valence-electron chi connectivity index (χ0n) is 16.2. The van der Waals surface area contributed by atoms with E-state index in [1.54, 1.807) is 7.05 Å². The number of carbonyl (C=O) groups is 2. The van der Waals surface area contributed by atoms with Crippen LogP contribution in [0.25, 0.3) is 0 Å². The summed E-state index contributed by atoms with van der Waals surface area (Å²) in [6, 6.07) is 9.72. The molecule has 0 aliphatic heterocycles. The fraction of sp³-hybridized carbons (Fsp3) is 0.600. The Balaban J connectivity index is 0.000000506. The largest absolute Gasteiger partial charge is 0.460 e. The highest BCUT2D eigenvalue weighted by molar-refractivity contribution is 5.81. The van der Waals surface area contributed by atoms with Crippen LogP contribution in [-0.2, 0) is 20.9 Å². The molecule has 4 heteroatoms. The highest BCUT2D eigenvalue weighted by Gasteiger charge is 2.26. The van der Waals surface area contributed by atoms with Crippen LogP contribution in [0.3, 0.4) is 0 Å². The minimum atomic E-state index is -0.380. The zero-order chi connectivity index (χ0) is 18.8. The molecule has 0 heterocycles. The van der Waals surface area contributed by atoms with E-state index in [-0.39, 0.29) is 22.7 Å². The molecule has 0 aromatic heterocycles. The number of ether oxygens (including phenoxy) is 1. The normalized spacial score (nSPS) is 11.1. The number of benzene rings is 1. The first-order chi connectivity index (χ1) is 11.1. The Morgan fingerprint density at radius 1 is 0.958 bits per heavy atom. The number of rotatable bonds is 6. The topological polar surface area (TPSA) is 55.4 Å². The molecule has 0 fully saturated rings. The summed E-state index contributed by atoms with van der Waals surface area (Å²) in [4.78, 5) is 22.6. The maximum atomic E-state index is 11.6. The van der Waals surface area contributed by atoms with Crippen molar-refractivity contribution >= 4 is 11.9 Å². The molecule has 0 unspecified atom stereocenters. The molecule has 0 aliphatic rings. The Labute approximate surface area is 147 Å². The molecular weight excluding hydrogens is 302 g/mol. The smallest absolute Gasteiger partial charge is 0.311 e. The standard InChI is InChI=1S/C13H18O2.C7H15NO/c1-4-13(2,3)12(14)15-10-11-8-6-5-7-9-11;1-5-7(2,3)6(9)8-4/h5-9H,4,10H2,1-3H3;5H2,1-4H3,(H,8,9). The Morgan fingerprint density at radius 2 is 1.46 bits per heavy atom. The first-order valence-electron chi connectivity index (χ1n) is 8.54. The van der Waals surface area contributed by atoms with Gasteiger partial charge < -0.3 is 10.1 Å². The van der Waals surface area contributed by atoms with Crippen LogP contribution in [0.5, 0.6) is 0 Å². The second-order valence-electron chi connectivity index (χ2n) is 7.12. The van der Waals surface area contributed by atoms with Gasteiger partial charge in [-0.15, -0.1) is 0 Å². The first kappa shape index (κ1) is 22.2. The molecule has 136 valence electrons. The van der Waals surface area contributed by atoms with Gasteiger partial charge in [-0.1, -0.05) is 58.0 Å². The molecule has 4 nitrogen and oxygen atoms in total. The van der Waals surface area contributed by atoms with Gasteiger partial charge in [0.15, 0.2) is 0 Å². The molecule has 24 heavy (non-hydrogen) atoms. The van der Waals surface area contributed by atoms with Gasteiger partial charge in [0.05, 0.1) is 5.41 Å². The van der Waals surface area contributed by atoms with Crippen molar-refractivity contribution < 1.29 is 14.3 Å². The van der Waals surface area contributed by atoms with E-state index in [2.05, 4.69) is 5.32 Å². The molecule has 1 rings (SSSR count). The summed E-state index contributed by atoms with van der Waals surface area (Å²) in [5.74, 6) is -0.0150. The van der Waals surface area contributed by atoms with Crippen LogP contribution in [-0.4, -0.2) is 18.9 Å². The van der Waals surface area contributed by atoms with Crippen molar-refractivity contribution in [3.05, 3.63) is 35.9 Å². The highest BCUT2D eigenvalue weighted by Crippen LogP contribution is 2.22. The van der Waals surface area contributed by atoms with Gasteiger partial charge in [0.1, 0.15) is 6.61 Å². The van der Waals surface area contributed by atoms with E-state index in [0.717, 1.165) is 18.4 Å². The third kappa shape index (κ3) is 7.62. The molecule has 1 N–H and O–H groups in total. The molecule has 0 bridgehead atoms. The molecule has 0 saturated heterocycles. The average Bonchev–Trinajstić information content (AvgIpc) is 2.60. The van der Waals surface area contributed by atoms with E-state index >= 15 is 0 Å². The van der Waals surface area contributed by atoms with Crippen molar-refractivity contribution in [3.63, 3.8) is 0 Å². The Bertz CT molecular complexity index is 507. The highest BCUT2D eigenvalue weighted by atomic mass is 16.5. The number of amides is 1. The molecule has 0 spiro atoms. The average molecular weight is 335 g/mol. The van der Waals surface area contributed by atoms with Crippen LogP contribution < -0.4 is 5.32 Å². The fourth-order valence-corrected chi connectivity index (χ4v) is 1.56. The Hall–Kier alpha value is -1.84. The van der Waals surface area contributed by atoms with Crippen molar-refractivity contribution in [1.82, 2.24) is 5.32 Å². The predicted molar refractivity (Wildman–Crippen MR) is 98.4 cm³/mol. The summed E-state index contributed by atoms with van der Waals surface area (Å²) in [7, 11) is 1.67. The van der Waals surface area contributed by atoms with Gasteiger partial charge in [-0.25, -0.2) is 0 Å². The summed E-state index contributed by atoms with van der Waals surface area (Å²) in [6.45, 7) is 12.0. The van der Waals surface area contributed by atoms with Gasteiger partial charge in [-0.3, -0.25) is 9.59 Å². The van der Waals surface area contributed by atoms with Gasteiger partial charge >= 0.3 is 5.97 Å². The summed E-state index contributed by atoms with van der Waals surface area (Å²) in [5, 5.41) is 2.62. The van der Waals surface area contributed by atoms with Crippen molar-refractivity contribution in [3.8, 4) is 0 Å². The van der Waals surface area contributed by atoms with Crippen molar-refractivity contribution in [2.75, 3.05) is 7.05 Å². The summed E-state index contributed by atoms with van der Waals surface area (Å²) in [6.07, 6.45) is 1.67. The quantitative estimate of drug-likeness (QED) is 0.787. The number of hydrogen-bond donors (Lipinski definition) is 1. The molecule has 1 aromatic carbocycles. The molecular formula is C20H33NO3. The number of nitrogens with one attached hydrogen (secondary N) is 1. The molecule has 0 saturated carbocycles. The van der Waals surface area contributed by atoms with Crippen molar-refractivity contribution in [1.29, 1.82) is 0 Å². The third-order valence-corrected chi connectivity index (χ3v) is 4.37. The predicted octanol–water partition coefficient (Wildman–Crippen LogP) is 4.33. The van der Waals surface area contributed by atoms with Gasteiger partial charge in [-0.05, 0) is 32.3 Å². The van der Waals surface area contributed by atoms with E-state index in [0.29, 0.717) is 6.61 Å². The number of esters is 1. The van der Waals surface area contributed by atoms with E-state index in [4.69, 9.17) is 4.74 Å². The third-order valence-electron chi connectivity index (χ3n) is 4.37. The molecule has 0 aliphatic carbocycles. The lowest BCUT2D eigenvalue weighted by Crippen LogP contribution is -2.33. The van der Waals surface area contributed by atoms with Crippen molar-refractivity contribution in [2.45, 2.75) is 61.0 Å². The maximum absolute atomic E-state index is 11.6. The van der Waals surface area contributed by atoms with Gasteiger partial charge in [0, 0.05) is 12.5 Å². The maximum Gasteiger partial charge on any atom is 0.311 e. The van der Waals surface area contributed by atoms with E-state index in [9.17, 15) is 9.59 Å². The summed E-state index contributed by atoms with van der Waals surface area (Å²) >= 11 is 0. The van der Waals surface area contributed by atoms with Gasteiger partial charge in [0.2, 0.25) is 5.91 Å². The van der Waals surface area contributed by atoms with Crippen LogP contribution in [0.2, 0.25) is 0 Å². The van der Waals surface area contributed by atoms with Crippen LogP contribution in [0.1, 0.15) is 59.9 Å². The monoisotopic (exact) mass is 335 g/mol. The SMILES string of the molecule is CCC(C)(C)C(=O)NC.CCC(C)(C)C(=O)OCc1ccccc1. The summed E-state index contributed by atoms with van der Waals surface area (Å²) in [5.41, 5.74) is 0.446. The van der Waals surface area contributed by atoms with E-state index < -0.39 is 0 Å². The number of hydrogen-bond acceptors (Lipinski definition) is 3. The Morgan fingerprint density at radius 3 is 1.83 bits per heavy atom. The Kier molecular flexibility index (Phi) is 9.34. The zero-order valence-corrected chi connectivity index (χ0v) is 16.2. The van der Waals surface area contributed by atoms with Gasteiger partial charge in [0.25, 0.3) is 0 Å². The van der Waals surface area contributed by atoms with E-state index in [1.807, 2.05) is 71.9 Å². The van der Waals surface area contributed by atoms with E-state index in [1.165, 1.54) is 0 Å². The lowest BCUT2D eigenvalue weighted by Gasteiger charge is -2.20. The minimum absolute atomic E-state index is 0.116. The number of carbonyl (C=O) groups excluding carboxylic acids is 2. The molecule has 0 atom stereocenters. The van der Waals surface area contributed by atoms with Crippen LogP contribution in [0, 0.1) is 10.8 Å².